The summed E-state index contributed by atoms with van der Waals surface area (Å²) >= 11 is 4.44. The summed E-state index contributed by atoms with van der Waals surface area (Å²) in [5.41, 5.74) is 2.51. The van der Waals surface area contributed by atoms with Gasteiger partial charge in [0.05, 0.1) is 9.48 Å². The summed E-state index contributed by atoms with van der Waals surface area (Å²) in [4.78, 5) is 8.40. The Morgan fingerprint density at radius 2 is 2.00 bits per heavy atom. The summed E-state index contributed by atoms with van der Waals surface area (Å²) in [5.74, 6) is 0. The van der Waals surface area contributed by atoms with Gasteiger partial charge in [-0.25, -0.2) is 13.1 Å². The molecular weight excluding hydrogens is 398 g/mol. The highest BCUT2D eigenvalue weighted by Crippen LogP contribution is 2.26. The van der Waals surface area contributed by atoms with Gasteiger partial charge < -0.3 is 0 Å². The Hall–Kier alpha value is -1.61. The van der Waals surface area contributed by atoms with Crippen LogP contribution in [0.2, 0.25) is 0 Å². The van der Waals surface area contributed by atoms with Gasteiger partial charge in [0.15, 0.2) is 0 Å². The van der Waals surface area contributed by atoms with Crippen LogP contribution < -0.4 is 4.72 Å². The van der Waals surface area contributed by atoms with Crippen LogP contribution in [0.25, 0.3) is 11.3 Å². The maximum atomic E-state index is 12.2. The average Bonchev–Trinajstić information content (AvgIpc) is 3.02. The maximum Gasteiger partial charge on any atom is 0.250 e. The fraction of sp³-hybridized carbons (Fsp3) is 0.0667. The second-order valence-corrected chi connectivity index (χ2v) is 9.13. The van der Waals surface area contributed by atoms with E-state index in [1.54, 1.807) is 30.7 Å². The third-order valence-corrected chi connectivity index (χ3v) is 6.58. The largest absolute Gasteiger partial charge is 0.264 e. The Kier molecular flexibility index (Phi) is 4.86. The Morgan fingerprint density at radius 3 is 2.61 bits per heavy atom. The molecule has 0 unspecified atom stereocenters. The SMILES string of the molecule is O=S(=O)(NCc1ccc(-c2cccnc2)nc1)c1ccc(Br)s1. The zero-order chi connectivity index (χ0) is 16.3. The van der Waals surface area contributed by atoms with Crippen molar-refractivity contribution in [3.05, 3.63) is 64.3 Å². The first-order valence-electron chi connectivity index (χ1n) is 6.65. The van der Waals surface area contributed by atoms with Crippen LogP contribution in [0.4, 0.5) is 0 Å². The molecule has 0 bridgehead atoms. The molecule has 1 N–H and O–H groups in total. The number of rotatable bonds is 5. The lowest BCUT2D eigenvalue weighted by atomic mass is 10.1. The van der Waals surface area contributed by atoms with Gasteiger partial charge in [-0.1, -0.05) is 6.07 Å². The van der Waals surface area contributed by atoms with Crippen LogP contribution in [0, 0.1) is 0 Å². The highest BCUT2D eigenvalue weighted by molar-refractivity contribution is 9.11. The van der Waals surface area contributed by atoms with Crippen LogP contribution in [0.15, 0.2) is 63.0 Å². The first-order valence-corrected chi connectivity index (χ1v) is 9.74. The van der Waals surface area contributed by atoms with Crippen LogP contribution in [0.3, 0.4) is 0 Å². The van der Waals surface area contributed by atoms with Crippen molar-refractivity contribution >= 4 is 37.3 Å². The van der Waals surface area contributed by atoms with Crippen LogP contribution in [-0.2, 0) is 16.6 Å². The molecule has 3 aromatic heterocycles. The van der Waals surface area contributed by atoms with Crippen molar-refractivity contribution in [1.82, 2.24) is 14.7 Å². The summed E-state index contributed by atoms with van der Waals surface area (Å²) in [6.45, 7) is 0.193. The van der Waals surface area contributed by atoms with Crippen LogP contribution in [0.1, 0.15) is 5.56 Å². The van der Waals surface area contributed by atoms with Gasteiger partial charge >= 0.3 is 0 Å². The number of halogens is 1. The molecule has 0 saturated carbocycles. The van der Waals surface area contributed by atoms with Gasteiger partial charge in [-0.05, 0) is 51.8 Å². The molecule has 8 heteroatoms. The number of nitrogens with one attached hydrogen (secondary N) is 1. The molecule has 118 valence electrons. The molecule has 0 aliphatic rings. The topological polar surface area (TPSA) is 72.0 Å². The predicted molar refractivity (Wildman–Crippen MR) is 93.5 cm³/mol. The summed E-state index contributed by atoms with van der Waals surface area (Å²) < 4.78 is 27.9. The van der Waals surface area contributed by atoms with Gasteiger partial charge in [0.25, 0.3) is 0 Å². The molecule has 0 aromatic carbocycles. The van der Waals surface area contributed by atoms with Gasteiger partial charge in [0, 0.05) is 30.7 Å². The average molecular weight is 410 g/mol. The van der Waals surface area contributed by atoms with Crippen LogP contribution in [-0.4, -0.2) is 18.4 Å². The monoisotopic (exact) mass is 409 g/mol. The second kappa shape index (κ2) is 6.88. The van der Waals surface area contributed by atoms with E-state index in [0.29, 0.717) is 0 Å². The van der Waals surface area contributed by atoms with Gasteiger partial charge in [0.1, 0.15) is 4.21 Å². The Labute approximate surface area is 146 Å². The second-order valence-electron chi connectivity index (χ2n) is 4.68. The van der Waals surface area contributed by atoms with Crippen molar-refractivity contribution in [2.45, 2.75) is 10.8 Å². The highest BCUT2D eigenvalue weighted by atomic mass is 79.9. The van der Waals surface area contributed by atoms with Crippen molar-refractivity contribution < 1.29 is 8.42 Å². The van der Waals surface area contributed by atoms with Crippen molar-refractivity contribution in [3.63, 3.8) is 0 Å². The van der Waals surface area contributed by atoms with E-state index in [9.17, 15) is 8.42 Å². The third kappa shape index (κ3) is 4.03. The third-order valence-electron chi connectivity index (χ3n) is 3.06. The summed E-state index contributed by atoms with van der Waals surface area (Å²) in [7, 11) is -3.50. The lowest BCUT2D eigenvalue weighted by Gasteiger charge is -2.06. The minimum atomic E-state index is -3.50. The molecule has 0 spiro atoms. The van der Waals surface area contributed by atoms with Gasteiger partial charge in [-0.2, -0.15) is 0 Å². The molecule has 23 heavy (non-hydrogen) atoms. The number of nitrogens with zero attached hydrogens (tertiary/aromatic N) is 2. The maximum absolute atomic E-state index is 12.2. The van der Waals surface area contributed by atoms with E-state index in [1.165, 1.54) is 11.3 Å². The minimum Gasteiger partial charge on any atom is -0.264 e. The molecule has 5 nitrogen and oxygen atoms in total. The number of aromatic nitrogens is 2. The van der Waals surface area contributed by atoms with E-state index < -0.39 is 10.0 Å². The fourth-order valence-corrected chi connectivity index (χ4v) is 4.98. The lowest BCUT2D eigenvalue weighted by Crippen LogP contribution is -2.22. The normalized spacial score (nSPS) is 11.5. The first kappa shape index (κ1) is 16.3. The Balaban J connectivity index is 1.69. The van der Waals surface area contributed by atoms with Crippen molar-refractivity contribution in [2.75, 3.05) is 0 Å². The molecule has 0 atom stereocenters. The fourth-order valence-electron chi connectivity index (χ4n) is 1.91. The molecule has 0 aliphatic carbocycles. The highest BCUT2D eigenvalue weighted by Gasteiger charge is 2.16. The molecule has 0 fully saturated rings. The van der Waals surface area contributed by atoms with E-state index in [2.05, 4.69) is 30.6 Å². The van der Waals surface area contributed by atoms with Gasteiger partial charge in [0.2, 0.25) is 10.0 Å². The summed E-state index contributed by atoms with van der Waals surface area (Å²) in [6.07, 6.45) is 5.10. The lowest BCUT2D eigenvalue weighted by molar-refractivity contribution is 0.583. The molecule has 0 amide bonds. The molecule has 3 heterocycles. The smallest absolute Gasteiger partial charge is 0.250 e. The van der Waals surface area contributed by atoms with E-state index in [0.717, 1.165) is 20.6 Å². The zero-order valence-electron chi connectivity index (χ0n) is 11.8. The summed E-state index contributed by atoms with van der Waals surface area (Å²) in [5, 5.41) is 0. The van der Waals surface area contributed by atoms with E-state index in [-0.39, 0.29) is 10.8 Å². The van der Waals surface area contributed by atoms with Gasteiger partial charge in [-0.3, -0.25) is 9.97 Å². The van der Waals surface area contributed by atoms with Crippen molar-refractivity contribution in [3.8, 4) is 11.3 Å². The van der Waals surface area contributed by atoms with Gasteiger partial charge in [-0.15, -0.1) is 11.3 Å². The van der Waals surface area contributed by atoms with Crippen molar-refractivity contribution in [1.29, 1.82) is 0 Å². The van der Waals surface area contributed by atoms with Crippen molar-refractivity contribution in [2.24, 2.45) is 0 Å². The van der Waals surface area contributed by atoms with E-state index in [1.807, 2.05) is 24.3 Å². The number of hydrogen-bond acceptors (Lipinski definition) is 5. The number of sulfonamides is 1. The number of thiophene rings is 1. The standard InChI is InChI=1S/C15H12BrN3O2S2/c16-14-5-6-15(22-14)23(20,21)19-9-11-3-4-13(18-8-11)12-2-1-7-17-10-12/h1-8,10,19H,9H2. The first-order chi connectivity index (χ1) is 11.0. The molecule has 0 aliphatic heterocycles. The quantitative estimate of drug-likeness (QED) is 0.700. The van der Waals surface area contributed by atoms with E-state index in [4.69, 9.17) is 0 Å². The summed E-state index contributed by atoms with van der Waals surface area (Å²) in [6, 6.07) is 10.7. The predicted octanol–water partition coefficient (Wildman–Crippen LogP) is 3.45. The Bertz CT molecular complexity index is 894. The Morgan fingerprint density at radius 1 is 1.13 bits per heavy atom. The van der Waals surface area contributed by atoms with Crippen LogP contribution in [0.5, 0.6) is 0 Å². The molecule has 3 rings (SSSR count). The number of hydrogen-bond donors (Lipinski definition) is 1. The number of pyridine rings is 2. The molecule has 0 saturated heterocycles. The zero-order valence-corrected chi connectivity index (χ0v) is 15.0. The van der Waals surface area contributed by atoms with E-state index >= 15 is 0 Å². The molecular formula is C15H12BrN3O2S2. The van der Waals surface area contributed by atoms with Crippen LogP contribution >= 0.6 is 27.3 Å². The molecule has 3 aromatic rings. The molecule has 0 radical (unpaired) electrons. The minimum absolute atomic E-state index is 0.193.